The number of anilines is 2. The second kappa shape index (κ2) is 4.49. The second-order valence-electron chi connectivity index (χ2n) is 4.93. The Bertz CT molecular complexity index is 394. The molecule has 2 fully saturated rings. The van der Waals surface area contributed by atoms with E-state index < -0.39 is 0 Å². The van der Waals surface area contributed by atoms with Gasteiger partial charge in [0.15, 0.2) is 5.82 Å². The van der Waals surface area contributed by atoms with Crippen LogP contribution in [-0.2, 0) is 0 Å². The fourth-order valence-corrected chi connectivity index (χ4v) is 3.00. The van der Waals surface area contributed by atoms with Crippen LogP contribution in [0.1, 0.15) is 19.3 Å². The number of rotatable bonds is 1. The minimum atomic E-state index is 0.687. The number of fused-ring (bicyclic) bond motifs is 1. The lowest BCUT2D eigenvalue weighted by Crippen LogP contribution is -2.37. The van der Waals surface area contributed by atoms with Crippen molar-refractivity contribution in [1.82, 2.24) is 14.9 Å². The Kier molecular flexibility index (Phi) is 2.84. The van der Waals surface area contributed by atoms with Crippen molar-refractivity contribution < 1.29 is 0 Å². The largest absolute Gasteiger partial charge is 0.394 e. The van der Waals surface area contributed by atoms with Gasteiger partial charge in [-0.1, -0.05) is 0 Å². The average Bonchev–Trinajstić information content (AvgIpc) is 2.68. The second-order valence-corrected chi connectivity index (χ2v) is 4.93. The van der Waals surface area contributed by atoms with Gasteiger partial charge in [0.1, 0.15) is 6.33 Å². The molecule has 0 saturated carbocycles. The molecule has 1 aromatic rings. The maximum atomic E-state index is 5.96. The van der Waals surface area contributed by atoms with E-state index >= 15 is 0 Å². The van der Waals surface area contributed by atoms with Crippen LogP contribution in [0.3, 0.4) is 0 Å². The van der Waals surface area contributed by atoms with Crippen LogP contribution >= 0.6 is 0 Å². The summed E-state index contributed by atoms with van der Waals surface area (Å²) in [5.41, 5.74) is 6.65. The molecule has 3 heterocycles. The number of hydrogen-bond donors (Lipinski definition) is 1. The zero-order valence-corrected chi connectivity index (χ0v) is 10.0. The van der Waals surface area contributed by atoms with Gasteiger partial charge in [-0.25, -0.2) is 9.97 Å². The zero-order chi connectivity index (χ0) is 11.7. The summed E-state index contributed by atoms with van der Waals surface area (Å²) in [5.74, 6) is 0.911. The zero-order valence-electron chi connectivity index (χ0n) is 10.0. The molecule has 0 radical (unpaired) electrons. The van der Waals surface area contributed by atoms with Crippen LogP contribution in [0.15, 0.2) is 12.5 Å². The van der Waals surface area contributed by atoms with Crippen LogP contribution in [0, 0.1) is 0 Å². The van der Waals surface area contributed by atoms with E-state index in [9.17, 15) is 0 Å². The van der Waals surface area contributed by atoms with Crippen LogP contribution in [0.25, 0.3) is 0 Å². The average molecular weight is 233 g/mol. The Morgan fingerprint density at radius 2 is 2.12 bits per heavy atom. The molecule has 2 aliphatic rings. The van der Waals surface area contributed by atoms with Crippen molar-refractivity contribution in [2.24, 2.45) is 0 Å². The highest BCUT2D eigenvalue weighted by atomic mass is 15.3. The molecule has 0 bridgehead atoms. The van der Waals surface area contributed by atoms with Crippen molar-refractivity contribution in [2.75, 3.05) is 36.8 Å². The normalized spacial score (nSPS) is 25.6. The summed E-state index contributed by atoms with van der Waals surface area (Å²) in [6.45, 7) is 4.58. The Balaban J connectivity index is 1.81. The van der Waals surface area contributed by atoms with Crippen LogP contribution < -0.4 is 10.6 Å². The molecule has 2 saturated heterocycles. The standard InChI is InChI=1S/C12H19N5/c13-11-7-14-9-15-12(11)17-6-2-5-16-4-1-3-10(16)8-17/h7,9-10H,1-6,8,13H2. The molecule has 0 amide bonds. The third-order valence-corrected chi connectivity index (χ3v) is 3.82. The molecule has 1 unspecified atom stereocenters. The van der Waals surface area contributed by atoms with Crippen LogP contribution in [-0.4, -0.2) is 47.1 Å². The third-order valence-electron chi connectivity index (χ3n) is 3.82. The van der Waals surface area contributed by atoms with Crippen LogP contribution in [0.2, 0.25) is 0 Å². The van der Waals surface area contributed by atoms with E-state index in [2.05, 4.69) is 19.8 Å². The Labute approximate surface area is 102 Å². The number of nitrogens with two attached hydrogens (primary N) is 1. The summed E-state index contributed by atoms with van der Waals surface area (Å²) in [4.78, 5) is 13.2. The third kappa shape index (κ3) is 2.07. The lowest BCUT2D eigenvalue weighted by Gasteiger charge is -2.26. The molecule has 0 aromatic carbocycles. The number of aromatic nitrogens is 2. The molecule has 17 heavy (non-hydrogen) atoms. The lowest BCUT2D eigenvalue weighted by molar-refractivity contribution is 0.273. The summed E-state index contributed by atoms with van der Waals surface area (Å²) in [7, 11) is 0. The van der Waals surface area contributed by atoms with E-state index in [0.29, 0.717) is 11.7 Å². The maximum Gasteiger partial charge on any atom is 0.155 e. The minimum Gasteiger partial charge on any atom is -0.394 e. The predicted octanol–water partition coefficient (Wildman–Crippen LogP) is 0.733. The van der Waals surface area contributed by atoms with E-state index in [1.165, 1.54) is 32.4 Å². The van der Waals surface area contributed by atoms with Crippen molar-refractivity contribution in [1.29, 1.82) is 0 Å². The summed E-state index contributed by atoms with van der Waals surface area (Å²) in [5, 5.41) is 0. The van der Waals surface area contributed by atoms with Gasteiger partial charge >= 0.3 is 0 Å². The summed E-state index contributed by atoms with van der Waals surface area (Å²) >= 11 is 0. The minimum absolute atomic E-state index is 0.687. The summed E-state index contributed by atoms with van der Waals surface area (Å²) in [6, 6.07) is 0.687. The van der Waals surface area contributed by atoms with E-state index in [1.807, 2.05) is 0 Å². The van der Waals surface area contributed by atoms with Gasteiger partial charge in [-0.05, 0) is 25.8 Å². The van der Waals surface area contributed by atoms with Crippen molar-refractivity contribution >= 4 is 11.5 Å². The first-order valence-electron chi connectivity index (χ1n) is 6.39. The first-order valence-corrected chi connectivity index (χ1v) is 6.39. The fourth-order valence-electron chi connectivity index (χ4n) is 3.00. The first kappa shape index (κ1) is 10.8. The first-order chi connectivity index (χ1) is 8.34. The quantitative estimate of drug-likeness (QED) is 0.775. The topological polar surface area (TPSA) is 58.3 Å². The molecule has 0 aliphatic carbocycles. The highest BCUT2D eigenvalue weighted by Crippen LogP contribution is 2.26. The van der Waals surface area contributed by atoms with Crippen molar-refractivity contribution in [3.8, 4) is 0 Å². The maximum absolute atomic E-state index is 5.96. The predicted molar refractivity (Wildman–Crippen MR) is 67.9 cm³/mol. The van der Waals surface area contributed by atoms with Crippen LogP contribution in [0.5, 0.6) is 0 Å². The van der Waals surface area contributed by atoms with Gasteiger partial charge in [0.05, 0.1) is 11.9 Å². The Hall–Kier alpha value is -1.36. The molecule has 92 valence electrons. The molecule has 1 aromatic heterocycles. The monoisotopic (exact) mass is 233 g/mol. The molecule has 3 rings (SSSR count). The highest BCUT2D eigenvalue weighted by Gasteiger charge is 2.29. The van der Waals surface area contributed by atoms with Crippen LogP contribution in [0.4, 0.5) is 11.5 Å². The molecular weight excluding hydrogens is 214 g/mol. The molecule has 2 aliphatic heterocycles. The van der Waals surface area contributed by atoms with Gasteiger partial charge in [-0.3, -0.25) is 4.90 Å². The van der Waals surface area contributed by atoms with Gasteiger partial charge in [-0.15, -0.1) is 0 Å². The van der Waals surface area contributed by atoms with Crippen molar-refractivity contribution in [3.05, 3.63) is 12.5 Å². The van der Waals surface area contributed by atoms with Gasteiger partial charge in [0.2, 0.25) is 0 Å². The van der Waals surface area contributed by atoms with Gasteiger partial charge in [0.25, 0.3) is 0 Å². The summed E-state index contributed by atoms with van der Waals surface area (Å²) < 4.78 is 0. The SMILES string of the molecule is Nc1cncnc1N1CCCN2CCCC2C1. The van der Waals surface area contributed by atoms with E-state index in [0.717, 1.165) is 18.9 Å². The molecule has 5 nitrogen and oxygen atoms in total. The number of nitrogens with zero attached hydrogens (tertiary/aromatic N) is 4. The number of hydrogen-bond acceptors (Lipinski definition) is 5. The van der Waals surface area contributed by atoms with E-state index in [1.54, 1.807) is 12.5 Å². The Morgan fingerprint density at radius 3 is 3.00 bits per heavy atom. The smallest absolute Gasteiger partial charge is 0.155 e. The van der Waals surface area contributed by atoms with Crippen molar-refractivity contribution in [2.45, 2.75) is 25.3 Å². The number of nitrogen functional groups attached to an aromatic ring is 1. The molecule has 1 atom stereocenters. The summed E-state index contributed by atoms with van der Waals surface area (Å²) in [6.07, 6.45) is 7.11. The molecule has 0 spiro atoms. The van der Waals surface area contributed by atoms with Crippen molar-refractivity contribution in [3.63, 3.8) is 0 Å². The van der Waals surface area contributed by atoms with E-state index in [4.69, 9.17) is 5.73 Å². The van der Waals surface area contributed by atoms with E-state index in [-0.39, 0.29) is 0 Å². The molecular formula is C12H19N5. The molecule has 5 heteroatoms. The van der Waals surface area contributed by atoms with Gasteiger partial charge in [-0.2, -0.15) is 0 Å². The van der Waals surface area contributed by atoms with Gasteiger partial charge < -0.3 is 10.6 Å². The van der Waals surface area contributed by atoms with Gasteiger partial charge in [0, 0.05) is 25.7 Å². The Morgan fingerprint density at radius 1 is 1.24 bits per heavy atom. The lowest BCUT2D eigenvalue weighted by atomic mass is 10.2. The molecule has 2 N–H and O–H groups in total. The fraction of sp³-hybridized carbons (Fsp3) is 0.667. The highest BCUT2D eigenvalue weighted by molar-refractivity contribution is 5.61.